The van der Waals surface area contributed by atoms with Crippen molar-refractivity contribution in [3.05, 3.63) is 59.7 Å². The van der Waals surface area contributed by atoms with Crippen molar-refractivity contribution in [2.45, 2.75) is 39.0 Å². The maximum atomic E-state index is 11.3. The third-order valence-electron chi connectivity index (χ3n) is 3.84. The van der Waals surface area contributed by atoms with Crippen LogP contribution in [0.4, 0.5) is 0 Å². The lowest BCUT2D eigenvalue weighted by Gasteiger charge is -2.11. The van der Waals surface area contributed by atoms with E-state index < -0.39 is 0 Å². The van der Waals surface area contributed by atoms with Gasteiger partial charge >= 0.3 is 11.9 Å². The van der Waals surface area contributed by atoms with E-state index in [1.807, 2.05) is 12.1 Å². The first-order valence-corrected chi connectivity index (χ1v) is 8.55. The van der Waals surface area contributed by atoms with Gasteiger partial charge in [0.05, 0.1) is 12.0 Å². The van der Waals surface area contributed by atoms with Gasteiger partial charge in [0.2, 0.25) is 0 Å². The molecule has 0 radical (unpaired) electrons. The van der Waals surface area contributed by atoms with Crippen molar-refractivity contribution in [3.63, 3.8) is 0 Å². The zero-order chi connectivity index (χ0) is 18.9. The van der Waals surface area contributed by atoms with Crippen LogP contribution >= 0.6 is 0 Å². The van der Waals surface area contributed by atoms with Gasteiger partial charge < -0.3 is 9.47 Å². The molecule has 0 spiro atoms. The average molecular weight is 351 g/mol. The third-order valence-corrected chi connectivity index (χ3v) is 3.84. The molecule has 2 rings (SSSR count). The normalized spacial score (nSPS) is 11.3. The SMILES string of the molecule is CCC(=O)Oc1ccc(CC(C#N)c2ccc(OC(=O)CC)cc2)cc1. The van der Waals surface area contributed by atoms with Crippen molar-refractivity contribution in [1.82, 2.24) is 0 Å². The molecular formula is C21H21NO4. The van der Waals surface area contributed by atoms with E-state index >= 15 is 0 Å². The Morgan fingerprint density at radius 2 is 1.35 bits per heavy atom. The number of rotatable bonds is 7. The first-order valence-electron chi connectivity index (χ1n) is 8.55. The van der Waals surface area contributed by atoms with E-state index in [4.69, 9.17) is 9.47 Å². The third kappa shape index (κ3) is 5.45. The van der Waals surface area contributed by atoms with E-state index in [2.05, 4.69) is 6.07 Å². The summed E-state index contributed by atoms with van der Waals surface area (Å²) in [5.74, 6) is 0.0699. The Balaban J connectivity index is 2.03. The van der Waals surface area contributed by atoms with E-state index in [1.165, 1.54) is 0 Å². The molecule has 2 aromatic carbocycles. The monoisotopic (exact) mass is 351 g/mol. The molecule has 0 aromatic heterocycles. The molecule has 0 bridgehead atoms. The van der Waals surface area contributed by atoms with Gasteiger partial charge in [0.15, 0.2) is 0 Å². The summed E-state index contributed by atoms with van der Waals surface area (Å²) in [6.45, 7) is 3.47. The average Bonchev–Trinajstić information content (AvgIpc) is 2.67. The van der Waals surface area contributed by atoms with Crippen molar-refractivity contribution in [2.24, 2.45) is 0 Å². The second-order valence-electron chi connectivity index (χ2n) is 5.75. The number of esters is 2. The maximum absolute atomic E-state index is 11.3. The molecule has 5 heteroatoms. The first-order chi connectivity index (χ1) is 12.5. The number of nitriles is 1. The smallest absolute Gasteiger partial charge is 0.310 e. The van der Waals surface area contributed by atoms with Crippen LogP contribution in [-0.2, 0) is 16.0 Å². The highest BCUT2D eigenvalue weighted by Gasteiger charge is 2.13. The van der Waals surface area contributed by atoms with Gasteiger partial charge in [-0.1, -0.05) is 38.1 Å². The molecule has 134 valence electrons. The van der Waals surface area contributed by atoms with Gasteiger partial charge in [-0.2, -0.15) is 5.26 Å². The Labute approximate surface area is 153 Å². The van der Waals surface area contributed by atoms with Crippen LogP contribution in [0.1, 0.15) is 43.7 Å². The quantitative estimate of drug-likeness (QED) is 0.553. The molecule has 26 heavy (non-hydrogen) atoms. The van der Waals surface area contributed by atoms with Crippen molar-refractivity contribution in [2.75, 3.05) is 0 Å². The molecule has 0 N–H and O–H groups in total. The Morgan fingerprint density at radius 3 is 1.77 bits per heavy atom. The fraction of sp³-hybridized carbons (Fsp3) is 0.286. The predicted octanol–water partition coefficient (Wildman–Crippen LogP) is 4.17. The van der Waals surface area contributed by atoms with Gasteiger partial charge in [0.25, 0.3) is 0 Å². The van der Waals surface area contributed by atoms with E-state index in [-0.39, 0.29) is 17.9 Å². The van der Waals surface area contributed by atoms with Crippen LogP contribution in [0.3, 0.4) is 0 Å². The second kappa shape index (κ2) is 9.38. The molecule has 5 nitrogen and oxygen atoms in total. The van der Waals surface area contributed by atoms with Crippen molar-refractivity contribution in [1.29, 1.82) is 5.26 Å². The Morgan fingerprint density at radius 1 is 0.885 bits per heavy atom. The highest BCUT2D eigenvalue weighted by molar-refractivity contribution is 5.72. The molecule has 1 atom stereocenters. The summed E-state index contributed by atoms with van der Waals surface area (Å²) in [6, 6.07) is 16.4. The molecule has 0 saturated heterocycles. The topological polar surface area (TPSA) is 76.4 Å². The number of nitrogens with zero attached hydrogens (tertiary/aromatic N) is 1. The largest absolute Gasteiger partial charge is 0.427 e. The van der Waals surface area contributed by atoms with Crippen LogP contribution in [-0.4, -0.2) is 11.9 Å². The van der Waals surface area contributed by atoms with Gasteiger partial charge in [-0.25, -0.2) is 0 Å². The zero-order valence-electron chi connectivity index (χ0n) is 14.9. The summed E-state index contributed by atoms with van der Waals surface area (Å²) < 4.78 is 10.3. The molecular weight excluding hydrogens is 330 g/mol. The molecule has 0 fully saturated rings. The fourth-order valence-corrected chi connectivity index (χ4v) is 2.34. The molecule has 0 saturated carbocycles. The molecule has 0 aliphatic heterocycles. The number of hydrogen-bond donors (Lipinski definition) is 0. The molecule has 1 unspecified atom stereocenters. The summed E-state index contributed by atoms with van der Waals surface area (Å²) in [4.78, 5) is 22.6. The van der Waals surface area contributed by atoms with Crippen LogP contribution in [0.25, 0.3) is 0 Å². The van der Waals surface area contributed by atoms with Crippen LogP contribution in [0, 0.1) is 11.3 Å². The van der Waals surface area contributed by atoms with Gasteiger partial charge in [0.1, 0.15) is 11.5 Å². The maximum Gasteiger partial charge on any atom is 0.310 e. The van der Waals surface area contributed by atoms with Crippen LogP contribution in [0.5, 0.6) is 11.5 Å². The van der Waals surface area contributed by atoms with E-state index in [9.17, 15) is 14.9 Å². The summed E-state index contributed by atoms with van der Waals surface area (Å²) in [7, 11) is 0. The highest BCUT2D eigenvalue weighted by atomic mass is 16.5. The lowest BCUT2D eigenvalue weighted by molar-refractivity contribution is -0.134. The Hall–Kier alpha value is -3.13. The number of hydrogen-bond acceptors (Lipinski definition) is 5. The lowest BCUT2D eigenvalue weighted by Crippen LogP contribution is -2.06. The fourth-order valence-electron chi connectivity index (χ4n) is 2.34. The summed E-state index contributed by atoms with van der Waals surface area (Å²) in [5, 5.41) is 9.49. The lowest BCUT2D eigenvalue weighted by atomic mass is 9.93. The number of benzene rings is 2. The van der Waals surface area contributed by atoms with Crippen molar-refractivity contribution in [3.8, 4) is 17.6 Å². The minimum absolute atomic E-state index is 0.281. The van der Waals surface area contributed by atoms with E-state index in [0.29, 0.717) is 30.8 Å². The van der Waals surface area contributed by atoms with E-state index in [1.54, 1.807) is 50.2 Å². The molecule has 2 aromatic rings. The molecule has 0 amide bonds. The van der Waals surface area contributed by atoms with Gasteiger partial charge in [0, 0.05) is 12.8 Å². The summed E-state index contributed by atoms with van der Waals surface area (Å²) in [5.41, 5.74) is 1.82. The van der Waals surface area contributed by atoms with Gasteiger partial charge in [-0.3, -0.25) is 9.59 Å². The number of carbonyl (C=O) groups is 2. The molecule has 0 aliphatic rings. The van der Waals surface area contributed by atoms with Crippen molar-refractivity contribution >= 4 is 11.9 Å². The van der Waals surface area contributed by atoms with Crippen LogP contribution in [0.2, 0.25) is 0 Å². The Kier molecular flexibility index (Phi) is 6.92. The van der Waals surface area contributed by atoms with Crippen LogP contribution < -0.4 is 9.47 Å². The summed E-state index contributed by atoms with van der Waals surface area (Å²) >= 11 is 0. The van der Waals surface area contributed by atoms with E-state index in [0.717, 1.165) is 11.1 Å². The molecule has 0 aliphatic carbocycles. The predicted molar refractivity (Wildman–Crippen MR) is 96.8 cm³/mol. The number of carbonyl (C=O) groups excluding carboxylic acids is 2. The van der Waals surface area contributed by atoms with Crippen molar-refractivity contribution < 1.29 is 19.1 Å². The first kappa shape index (κ1) is 19.2. The van der Waals surface area contributed by atoms with Crippen LogP contribution in [0.15, 0.2) is 48.5 Å². The molecule has 0 heterocycles. The highest BCUT2D eigenvalue weighted by Crippen LogP contribution is 2.24. The second-order valence-corrected chi connectivity index (χ2v) is 5.75. The Bertz CT molecular complexity index is 788. The minimum atomic E-state index is -0.324. The number of ether oxygens (including phenoxy) is 2. The minimum Gasteiger partial charge on any atom is -0.427 e. The van der Waals surface area contributed by atoms with Gasteiger partial charge in [-0.05, 0) is 41.8 Å². The van der Waals surface area contributed by atoms with Gasteiger partial charge in [-0.15, -0.1) is 0 Å². The zero-order valence-corrected chi connectivity index (χ0v) is 14.9. The standard InChI is InChI=1S/C21H21NO4/c1-3-20(23)25-18-9-5-15(6-10-18)13-17(14-22)16-7-11-19(12-8-16)26-21(24)4-2/h5-12,17H,3-4,13H2,1-2H3. The summed E-state index contributed by atoms with van der Waals surface area (Å²) in [6.07, 6.45) is 1.17.